The summed E-state index contributed by atoms with van der Waals surface area (Å²) in [5.74, 6) is 0.0252. The van der Waals surface area contributed by atoms with Crippen LogP contribution in [0.4, 0.5) is 10.1 Å². The second kappa shape index (κ2) is 8.67. The predicted molar refractivity (Wildman–Crippen MR) is 124 cm³/mol. The molecule has 1 aliphatic heterocycles. The number of halogens is 1. The fraction of sp³-hybridized carbons (Fsp3) is 0.375. The van der Waals surface area contributed by atoms with Gasteiger partial charge in [0.2, 0.25) is 10.0 Å². The van der Waals surface area contributed by atoms with Crippen LogP contribution in [0, 0.1) is 5.82 Å². The molecule has 170 valence electrons. The number of nitrogens with zero attached hydrogens (tertiary/aromatic N) is 1. The second-order valence-electron chi connectivity index (χ2n) is 8.27. The molecule has 0 unspecified atom stereocenters. The average molecular weight is 459 g/mol. The van der Waals surface area contributed by atoms with Crippen LogP contribution in [0.1, 0.15) is 48.0 Å². The van der Waals surface area contributed by atoms with Gasteiger partial charge in [-0.25, -0.2) is 12.8 Å². The van der Waals surface area contributed by atoms with Crippen molar-refractivity contribution in [2.75, 3.05) is 30.7 Å². The van der Waals surface area contributed by atoms with Crippen LogP contribution in [0.25, 0.3) is 22.3 Å². The zero-order chi connectivity index (χ0) is 23.0. The molecule has 1 aromatic heterocycles. The van der Waals surface area contributed by atoms with Crippen molar-refractivity contribution in [3.63, 3.8) is 0 Å². The molecule has 0 saturated carbocycles. The molecular weight excluding hydrogens is 431 g/mol. The summed E-state index contributed by atoms with van der Waals surface area (Å²) in [4.78, 5) is 13.0. The van der Waals surface area contributed by atoms with Crippen molar-refractivity contribution in [1.29, 1.82) is 0 Å². The molecule has 6 nitrogen and oxygen atoms in total. The SMILES string of the molecule is CCC(=O)c1c(-c2ccc(F)cc2)oc2cc(N(C)S(C)(=O)=O)c([C@H]3CCCNC3)cc12. The van der Waals surface area contributed by atoms with Crippen LogP contribution >= 0.6 is 0 Å². The zero-order valence-corrected chi connectivity index (χ0v) is 19.3. The van der Waals surface area contributed by atoms with E-state index in [1.807, 2.05) is 6.07 Å². The monoisotopic (exact) mass is 458 g/mol. The molecule has 32 heavy (non-hydrogen) atoms. The summed E-state index contributed by atoms with van der Waals surface area (Å²) in [5.41, 5.74) is 2.89. The number of furan rings is 1. The van der Waals surface area contributed by atoms with E-state index in [2.05, 4.69) is 5.32 Å². The summed E-state index contributed by atoms with van der Waals surface area (Å²) in [6.45, 7) is 3.44. The maximum atomic E-state index is 13.5. The third-order valence-electron chi connectivity index (χ3n) is 6.12. The molecule has 0 bridgehead atoms. The molecule has 8 heteroatoms. The van der Waals surface area contributed by atoms with Gasteiger partial charge in [0.25, 0.3) is 0 Å². The lowest BCUT2D eigenvalue weighted by atomic mass is 9.88. The fourth-order valence-corrected chi connectivity index (χ4v) is 4.82. The summed E-state index contributed by atoms with van der Waals surface area (Å²) in [6, 6.07) is 9.42. The number of carbonyl (C=O) groups is 1. The number of hydrogen-bond donors (Lipinski definition) is 1. The van der Waals surface area contributed by atoms with E-state index >= 15 is 0 Å². The molecule has 1 fully saturated rings. The van der Waals surface area contributed by atoms with Gasteiger partial charge in [0, 0.05) is 37.0 Å². The molecule has 1 atom stereocenters. The smallest absolute Gasteiger partial charge is 0.232 e. The number of fused-ring (bicyclic) bond motifs is 1. The number of carbonyl (C=O) groups excluding carboxylic acids is 1. The molecule has 2 heterocycles. The highest BCUT2D eigenvalue weighted by atomic mass is 32.2. The molecular formula is C24H27FN2O4S. The van der Waals surface area contributed by atoms with E-state index in [9.17, 15) is 17.6 Å². The maximum absolute atomic E-state index is 13.5. The lowest BCUT2D eigenvalue weighted by molar-refractivity contribution is 0.0989. The number of piperidine rings is 1. The predicted octanol–water partition coefficient (Wildman–Crippen LogP) is 4.69. The van der Waals surface area contributed by atoms with E-state index in [1.54, 1.807) is 25.1 Å². The van der Waals surface area contributed by atoms with Gasteiger partial charge < -0.3 is 9.73 Å². The summed E-state index contributed by atoms with van der Waals surface area (Å²) in [7, 11) is -1.98. The molecule has 1 N–H and O–H groups in total. The number of nitrogens with one attached hydrogen (secondary N) is 1. The lowest BCUT2D eigenvalue weighted by Gasteiger charge is -2.28. The summed E-state index contributed by atoms with van der Waals surface area (Å²) in [5, 5.41) is 4.03. The maximum Gasteiger partial charge on any atom is 0.232 e. The van der Waals surface area contributed by atoms with Gasteiger partial charge in [0.1, 0.15) is 17.2 Å². The first-order valence-electron chi connectivity index (χ1n) is 10.7. The van der Waals surface area contributed by atoms with Crippen LogP contribution in [0.2, 0.25) is 0 Å². The minimum absolute atomic E-state index is 0.0833. The zero-order valence-electron chi connectivity index (χ0n) is 18.4. The highest BCUT2D eigenvalue weighted by Gasteiger charge is 2.28. The van der Waals surface area contributed by atoms with Gasteiger partial charge in [-0.2, -0.15) is 0 Å². The highest BCUT2D eigenvalue weighted by Crippen LogP contribution is 2.41. The summed E-state index contributed by atoms with van der Waals surface area (Å²) in [6.07, 6.45) is 3.35. The Morgan fingerprint density at radius 1 is 1.25 bits per heavy atom. The standard InChI is InChI=1S/C24H27FN2O4S/c1-4-21(28)23-19-12-18(16-6-5-11-26-14-16)20(27(2)32(3,29)30)13-22(19)31-24(23)15-7-9-17(25)10-8-15/h7-10,12-13,16,26H,4-6,11,14H2,1-3H3/t16-/m0/s1. The van der Waals surface area contributed by atoms with E-state index in [4.69, 9.17) is 4.42 Å². The van der Waals surface area contributed by atoms with E-state index in [0.29, 0.717) is 33.5 Å². The third kappa shape index (κ3) is 4.17. The van der Waals surface area contributed by atoms with Crippen molar-refractivity contribution in [3.8, 4) is 11.3 Å². The molecule has 1 aliphatic rings. The molecule has 0 radical (unpaired) electrons. The molecule has 4 rings (SSSR count). The van der Waals surface area contributed by atoms with Crippen molar-refractivity contribution in [2.45, 2.75) is 32.1 Å². The van der Waals surface area contributed by atoms with Gasteiger partial charge in [-0.1, -0.05) is 6.92 Å². The van der Waals surface area contributed by atoms with Gasteiger partial charge >= 0.3 is 0 Å². The first-order chi connectivity index (χ1) is 15.2. The minimum atomic E-state index is -3.50. The van der Waals surface area contributed by atoms with Crippen molar-refractivity contribution >= 4 is 32.5 Å². The number of sulfonamides is 1. The molecule has 2 aromatic carbocycles. The first-order valence-corrected chi connectivity index (χ1v) is 12.6. The quantitative estimate of drug-likeness (QED) is 0.542. The van der Waals surface area contributed by atoms with Gasteiger partial charge in [0.05, 0.1) is 17.5 Å². The Hall–Kier alpha value is -2.71. The van der Waals surface area contributed by atoms with Crippen LogP contribution in [0.15, 0.2) is 40.8 Å². The third-order valence-corrected chi connectivity index (χ3v) is 7.31. The Morgan fingerprint density at radius 3 is 2.56 bits per heavy atom. The van der Waals surface area contributed by atoms with Crippen molar-refractivity contribution in [2.24, 2.45) is 0 Å². The van der Waals surface area contributed by atoms with Crippen LogP contribution in [-0.2, 0) is 10.0 Å². The van der Waals surface area contributed by atoms with E-state index < -0.39 is 10.0 Å². The summed E-state index contributed by atoms with van der Waals surface area (Å²) < 4.78 is 45.6. The number of anilines is 1. The number of hydrogen-bond acceptors (Lipinski definition) is 5. The number of Topliss-reactive ketones (excluding diaryl/α,β-unsaturated/α-hetero) is 1. The van der Waals surface area contributed by atoms with Crippen LogP contribution < -0.4 is 9.62 Å². The highest BCUT2D eigenvalue weighted by molar-refractivity contribution is 7.92. The van der Waals surface area contributed by atoms with Crippen molar-refractivity contribution in [1.82, 2.24) is 5.32 Å². The van der Waals surface area contributed by atoms with Gasteiger partial charge in [0.15, 0.2) is 5.78 Å². The van der Waals surface area contributed by atoms with E-state index in [1.165, 1.54) is 23.5 Å². The number of rotatable bonds is 6. The van der Waals surface area contributed by atoms with E-state index in [0.717, 1.165) is 37.8 Å². The Balaban J connectivity index is 2.00. The molecule has 0 amide bonds. The number of ketones is 1. The topological polar surface area (TPSA) is 79.6 Å². The van der Waals surface area contributed by atoms with Gasteiger partial charge in [-0.3, -0.25) is 9.10 Å². The molecule has 0 aliphatic carbocycles. The van der Waals surface area contributed by atoms with Gasteiger partial charge in [-0.05, 0) is 61.2 Å². The molecule has 3 aromatic rings. The Labute approximate surface area is 187 Å². The Morgan fingerprint density at radius 2 is 1.97 bits per heavy atom. The Kier molecular flexibility index (Phi) is 6.09. The van der Waals surface area contributed by atoms with Crippen LogP contribution in [0.3, 0.4) is 0 Å². The average Bonchev–Trinajstić information content (AvgIpc) is 3.16. The summed E-state index contributed by atoms with van der Waals surface area (Å²) >= 11 is 0. The van der Waals surface area contributed by atoms with Crippen LogP contribution in [-0.4, -0.2) is 40.6 Å². The van der Waals surface area contributed by atoms with Crippen molar-refractivity contribution in [3.05, 3.63) is 53.3 Å². The normalized spacial score (nSPS) is 16.9. The van der Waals surface area contributed by atoms with Crippen LogP contribution in [0.5, 0.6) is 0 Å². The lowest BCUT2D eigenvalue weighted by Crippen LogP contribution is -2.31. The second-order valence-corrected chi connectivity index (χ2v) is 10.3. The number of benzene rings is 2. The molecule has 0 spiro atoms. The minimum Gasteiger partial charge on any atom is -0.455 e. The largest absolute Gasteiger partial charge is 0.455 e. The molecule has 1 saturated heterocycles. The van der Waals surface area contributed by atoms with Gasteiger partial charge in [-0.15, -0.1) is 0 Å². The first kappa shape index (κ1) is 22.5. The fourth-order valence-electron chi connectivity index (χ4n) is 4.30. The van der Waals surface area contributed by atoms with E-state index in [-0.39, 0.29) is 23.9 Å². The Bertz CT molecular complexity index is 1260. The van der Waals surface area contributed by atoms with Crippen molar-refractivity contribution < 1.29 is 22.0 Å².